The Kier molecular flexibility index (Phi) is 3.73. The topological polar surface area (TPSA) is 57.5 Å². The van der Waals surface area contributed by atoms with E-state index in [0.29, 0.717) is 5.56 Å². The highest BCUT2D eigenvalue weighted by Gasteiger charge is 2.45. The number of hydrogen-bond donors (Lipinski definition) is 2. The molecule has 0 aliphatic heterocycles. The first-order chi connectivity index (χ1) is 7.44. The molecule has 0 amide bonds. The van der Waals surface area contributed by atoms with E-state index < -0.39 is 18.0 Å². The largest absolute Gasteiger partial charge is 0.477 e. The molecule has 1 aromatic carbocycles. The lowest BCUT2D eigenvalue weighted by molar-refractivity contribution is -0.176. The van der Waals surface area contributed by atoms with Crippen molar-refractivity contribution in [2.75, 3.05) is 0 Å². The summed E-state index contributed by atoms with van der Waals surface area (Å²) in [5.41, 5.74) is 0.600. The van der Waals surface area contributed by atoms with Gasteiger partial charge < -0.3 is 10.2 Å². The Balaban J connectivity index is 2.75. The van der Waals surface area contributed by atoms with Crippen LogP contribution in [0.2, 0.25) is 0 Å². The Morgan fingerprint density at radius 1 is 1.31 bits per heavy atom. The molecule has 0 heterocycles. The monoisotopic (exact) mass is 228 g/mol. The van der Waals surface area contributed by atoms with Crippen LogP contribution in [0.15, 0.2) is 36.4 Å². The highest BCUT2D eigenvalue weighted by molar-refractivity contribution is 5.76. The fourth-order valence-corrected chi connectivity index (χ4v) is 1.01. The van der Waals surface area contributed by atoms with Gasteiger partial charge in [0.2, 0.25) is 0 Å². The summed E-state index contributed by atoms with van der Waals surface area (Å²) >= 11 is 0. The Morgan fingerprint density at radius 2 is 1.88 bits per heavy atom. The zero-order valence-corrected chi connectivity index (χ0v) is 8.18. The Morgan fingerprint density at radius 3 is 2.38 bits per heavy atom. The predicted octanol–water partition coefficient (Wildman–Crippen LogP) is 1.78. The molecule has 1 aromatic rings. The van der Waals surface area contributed by atoms with Crippen molar-refractivity contribution in [3.8, 4) is 0 Å². The van der Waals surface area contributed by atoms with Gasteiger partial charge in [0.15, 0.2) is 0 Å². The second kappa shape index (κ2) is 4.85. The Bertz CT molecular complexity index is 387. The van der Waals surface area contributed by atoms with Crippen molar-refractivity contribution < 1.29 is 23.8 Å². The van der Waals surface area contributed by atoms with Gasteiger partial charge in [-0.25, -0.2) is 4.79 Å². The SMILES string of the molecule is O=C(O)C(F)(F)C(O)/C=C/c1ccccc1. The van der Waals surface area contributed by atoms with Crippen molar-refractivity contribution in [2.45, 2.75) is 12.0 Å². The van der Waals surface area contributed by atoms with Crippen LogP contribution in [0.1, 0.15) is 5.56 Å². The van der Waals surface area contributed by atoms with E-state index in [9.17, 15) is 13.6 Å². The molecule has 0 fully saturated rings. The summed E-state index contributed by atoms with van der Waals surface area (Å²) in [6, 6.07) is 8.42. The minimum Gasteiger partial charge on any atom is -0.477 e. The molecule has 16 heavy (non-hydrogen) atoms. The van der Waals surface area contributed by atoms with Crippen LogP contribution in [0, 0.1) is 0 Å². The maximum atomic E-state index is 12.7. The molecule has 0 saturated carbocycles. The molecular weight excluding hydrogens is 218 g/mol. The molecule has 1 rings (SSSR count). The molecule has 2 N–H and O–H groups in total. The van der Waals surface area contributed by atoms with Crippen molar-refractivity contribution in [3.63, 3.8) is 0 Å². The fourth-order valence-electron chi connectivity index (χ4n) is 1.01. The average molecular weight is 228 g/mol. The summed E-state index contributed by atoms with van der Waals surface area (Å²) in [6.45, 7) is 0. The van der Waals surface area contributed by atoms with Gasteiger partial charge in [-0.3, -0.25) is 0 Å². The highest BCUT2D eigenvalue weighted by atomic mass is 19.3. The van der Waals surface area contributed by atoms with Crippen LogP contribution in [-0.4, -0.2) is 28.2 Å². The first-order valence-electron chi connectivity index (χ1n) is 4.47. The number of halogens is 2. The van der Waals surface area contributed by atoms with E-state index in [-0.39, 0.29) is 0 Å². The van der Waals surface area contributed by atoms with Gasteiger partial charge in [-0.15, -0.1) is 0 Å². The maximum absolute atomic E-state index is 12.7. The molecule has 0 aliphatic carbocycles. The van der Waals surface area contributed by atoms with Crippen LogP contribution >= 0.6 is 0 Å². The molecule has 3 nitrogen and oxygen atoms in total. The molecule has 0 spiro atoms. The number of carboxylic acid groups (broad SMARTS) is 1. The zero-order valence-electron chi connectivity index (χ0n) is 8.18. The lowest BCUT2D eigenvalue weighted by Crippen LogP contribution is -2.40. The Hall–Kier alpha value is -1.75. The van der Waals surface area contributed by atoms with E-state index in [2.05, 4.69) is 0 Å². The summed E-state index contributed by atoms with van der Waals surface area (Å²) in [5.74, 6) is -6.52. The fraction of sp³-hybridized carbons (Fsp3) is 0.182. The van der Waals surface area contributed by atoms with E-state index in [1.807, 2.05) is 0 Å². The van der Waals surface area contributed by atoms with E-state index in [1.165, 1.54) is 6.08 Å². The molecule has 0 radical (unpaired) electrons. The number of aliphatic hydroxyl groups excluding tert-OH is 1. The molecule has 1 unspecified atom stereocenters. The molecule has 0 saturated heterocycles. The third-order valence-corrected chi connectivity index (χ3v) is 1.93. The van der Waals surface area contributed by atoms with Crippen LogP contribution < -0.4 is 0 Å². The average Bonchev–Trinajstić information content (AvgIpc) is 2.27. The third kappa shape index (κ3) is 2.87. The Labute approximate surface area is 90.6 Å². The van der Waals surface area contributed by atoms with Gasteiger partial charge in [-0.1, -0.05) is 36.4 Å². The number of alkyl halides is 2. The number of aliphatic carboxylic acids is 1. The first kappa shape index (κ1) is 12.3. The first-order valence-corrected chi connectivity index (χ1v) is 4.47. The summed E-state index contributed by atoms with van der Waals surface area (Å²) < 4.78 is 25.5. The molecule has 5 heteroatoms. The predicted molar refractivity (Wildman–Crippen MR) is 54.1 cm³/mol. The van der Waals surface area contributed by atoms with Crippen molar-refractivity contribution in [3.05, 3.63) is 42.0 Å². The second-order valence-electron chi connectivity index (χ2n) is 3.14. The molecule has 0 bridgehead atoms. The smallest absolute Gasteiger partial charge is 0.377 e. The van der Waals surface area contributed by atoms with Gasteiger partial charge in [0.1, 0.15) is 6.10 Å². The second-order valence-corrected chi connectivity index (χ2v) is 3.14. The van der Waals surface area contributed by atoms with Crippen molar-refractivity contribution >= 4 is 12.0 Å². The normalized spacial score (nSPS) is 13.9. The van der Waals surface area contributed by atoms with Crippen molar-refractivity contribution in [1.29, 1.82) is 0 Å². The minimum absolute atomic E-state index is 0.600. The lowest BCUT2D eigenvalue weighted by atomic mass is 10.1. The molecular formula is C11H10F2O3. The van der Waals surface area contributed by atoms with Crippen molar-refractivity contribution in [1.82, 2.24) is 0 Å². The van der Waals surface area contributed by atoms with Gasteiger partial charge in [0.05, 0.1) is 0 Å². The van der Waals surface area contributed by atoms with Crippen LogP contribution in [0.4, 0.5) is 8.78 Å². The van der Waals surface area contributed by atoms with E-state index in [4.69, 9.17) is 10.2 Å². The quantitative estimate of drug-likeness (QED) is 0.825. The van der Waals surface area contributed by atoms with E-state index >= 15 is 0 Å². The van der Waals surface area contributed by atoms with E-state index in [0.717, 1.165) is 6.08 Å². The third-order valence-electron chi connectivity index (χ3n) is 1.93. The minimum atomic E-state index is -4.18. The summed E-state index contributed by atoms with van der Waals surface area (Å²) in [7, 11) is 0. The number of carbonyl (C=O) groups is 1. The highest BCUT2D eigenvalue weighted by Crippen LogP contribution is 2.20. The number of benzene rings is 1. The van der Waals surface area contributed by atoms with Crippen LogP contribution in [-0.2, 0) is 4.79 Å². The number of hydrogen-bond acceptors (Lipinski definition) is 2. The van der Waals surface area contributed by atoms with Gasteiger partial charge in [0.25, 0.3) is 0 Å². The van der Waals surface area contributed by atoms with Gasteiger partial charge in [-0.2, -0.15) is 8.78 Å². The summed E-state index contributed by atoms with van der Waals surface area (Å²) in [6.07, 6.45) is -0.351. The summed E-state index contributed by atoms with van der Waals surface area (Å²) in [4.78, 5) is 10.1. The molecule has 0 aliphatic rings. The molecule has 0 aromatic heterocycles. The van der Waals surface area contributed by atoms with Gasteiger partial charge in [0, 0.05) is 0 Å². The van der Waals surface area contributed by atoms with E-state index in [1.54, 1.807) is 30.3 Å². The van der Waals surface area contributed by atoms with Crippen LogP contribution in [0.25, 0.3) is 6.08 Å². The number of aliphatic hydroxyl groups is 1. The lowest BCUT2D eigenvalue weighted by Gasteiger charge is -2.14. The maximum Gasteiger partial charge on any atom is 0.377 e. The van der Waals surface area contributed by atoms with Gasteiger partial charge >= 0.3 is 11.9 Å². The summed E-state index contributed by atoms with van der Waals surface area (Å²) in [5, 5.41) is 17.2. The molecule has 86 valence electrons. The standard InChI is InChI=1S/C11H10F2O3/c12-11(13,10(15)16)9(14)7-6-8-4-2-1-3-5-8/h1-7,9,14H,(H,15,16)/b7-6+. The number of carboxylic acids is 1. The van der Waals surface area contributed by atoms with Gasteiger partial charge in [-0.05, 0) is 11.6 Å². The van der Waals surface area contributed by atoms with Crippen LogP contribution in [0.5, 0.6) is 0 Å². The zero-order chi connectivity index (χ0) is 12.2. The van der Waals surface area contributed by atoms with Crippen molar-refractivity contribution in [2.24, 2.45) is 0 Å². The molecule has 1 atom stereocenters. The van der Waals surface area contributed by atoms with Crippen LogP contribution in [0.3, 0.4) is 0 Å². The number of rotatable bonds is 4.